The standard InChI is InChI=1S/C29H33NO4/c1-29(2,3)16-23-14-25(17-30-28(23)22-8-5-9-24(31)13-22)34-18-19-6-4-7-21(12-19)26(15-27(32)33)20-10-11-20/h4-9,12-14,17,20,26,31H,10-11,15-16,18H2,1-3H3,(H,32,33). The van der Waals surface area contributed by atoms with Gasteiger partial charge in [-0.3, -0.25) is 9.78 Å². The van der Waals surface area contributed by atoms with Gasteiger partial charge >= 0.3 is 5.97 Å². The molecule has 0 spiro atoms. The number of aromatic nitrogens is 1. The number of phenols is 1. The SMILES string of the molecule is CC(C)(C)Cc1cc(OCc2cccc(C(CC(=O)O)C3CC3)c2)cnc1-c1cccc(O)c1. The van der Waals surface area contributed by atoms with Gasteiger partial charge in [-0.15, -0.1) is 0 Å². The number of carboxylic acid groups (broad SMARTS) is 1. The summed E-state index contributed by atoms with van der Waals surface area (Å²) >= 11 is 0. The van der Waals surface area contributed by atoms with E-state index in [4.69, 9.17) is 9.72 Å². The zero-order valence-corrected chi connectivity index (χ0v) is 20.1. The van der Waals surface area contributed by atoms with Gasteiger partial charge in [-0.1, -0.05) is 57.2 Å². The molecule has 34 heavy (non-hydrogen) atoms. The van der Waals surface area contributed by atoms with Crippen LogP contribution in [-0.2, 0) is 17.8 Å². The molecule has 1 aliphatic carbocycles. The number of benzene rings is 2. The molecule has 2 N–H and O–H groups in total. The Morgan fingerprint density at radius 3 is 2.56 bits per heavy atom. The van der Waals surface area contributed by atoms with Gasteiger partial charge in [-0.2, -0.15) is 0 Å². The van der Waals surface area contributed by atoms with Crippen LogP contribution < -0.4 is 4.74 Å². The second-order valence-corrected chi connectivity index (χ2v) is 10.5. The maximum atomic E-state index is 11.3. The Kier molecular flexibility index (Phi) is 6.92. The van der Waals surface area contributed by atoms with E-state index < -0.39 is 5.97 Å². The van der Waals surface area contributed by atoms with Crippen LogP contribution in [0.4, 0.5) is 0 Å². The lowest BCUT2D eigenvalue weighted by molar-refractivity contribution is -0.137. The lowest BCUT2D eigenvalue weighted by Gasteiger charge is -2.21. The van der Waals surface area contributed by atoms with Crippen LogP contribution in [0.2, 0.25) is 0 Å². The van der Waals surface area contributed by atoms with Gasteiger partial charge in [-0.25, -0.2) is 0 Å². The van der Waals surface area contributed by atoms with Gasteiger partial charge in [-0.05, 0) is 71.4 Å². The van der Waals surface area contributed by atoms with E-state index in [0.717, 1.165) is 47.2 Å². The molecule has 0 bridgehead atoms. The predicted molar refractivity (Wildman–Crippen MR) is 133 cm³/mol. The Morgan fingerprint density at radius 1 is 1.12 bits per heavy atom. The summed E-state index contributed by atoms with van der Waals surface area (Å²) in [5.74, 6) is 0.703. The molecule has 1 fully saturated rings. The molecular weight excluding hydrogens is 426 g/mol. The molecule has 1 heterocycles. The lowest BCUT2D eigenvalue weighted by atomic mass is 9.86. The molecule has 4 rings (SSSR count). The number of hydrogen-bond acceptors (Lipinski definition) is 4. The van der Waals surface area contributed by atoms with E-state index in [2.05, 4.69) is 26.8 Å². The van der Waals surface area contributed by atoms with Crippen LogP contribution in [-0.4, -0.2) is 21.2 Å². The predicted octanol–water partition coefficient (Wildman–Crippen LogP) is 6.59. The van der Waals surface area contributed by atoms with Gasteiger partial charge in [0.2, 0.25) is 0 Å². The molecule has 1 aromatic heterocycles. The lowest BCUT2D eigenvalue weighted by Crippen LogP contribution is -2.11. The van der Waals surface area contributed by atoms with E-state index in [1.807, 2.05) is 36.4 Å². The fourth-order valence-corrected chi connectivity index (χ4v) is 4.51. The molecule has 178 valence electrons. The molecule has 5 nitrogen and oxygen atoms in total. The highest BCUT2D eigenvalue weighted by Gasteiger charge is 2.33. The molecule has 1 unspecified atom stereocenters. The van der Waals surface area contributed by atoms with Crippen LogP contribution in [0.25, 0.3) is 11.3 Å². The first-order valence-corrected chi connectivity index (χ1v) is 11.9. The Labute approximate surface area is 201 Å². The van der Waals surface area contributed by atoms with Crippen molar-refractivity contribution in [2.75, 3.05) is 0 Å². The highest BCUT2D eigenvalue weighted by Crippen LogP contribution is 2.44. The second-order valence-electron chi connectivity index (χ2n) is 10.5. The third-order valence-electron chi connectivity index (χ3n) is 6.15. The minimum absolute atomic E-state index is 0.0577. The van der Waals surface area contributed by atoms with E-state index in [9.17, 15) is 15.0 Å². The molecular formula is C29H33NO4. The molecule has 0 aliphatic heterocycles. The summed E-state index contributed by atoms with van der Waals surface area (Å²) in [6.45, 7) is 6.95. The first-order valence-electron chi connectivity index (χ1n) is 11.9. The number of nitrogens with zero attached hydrogens (tertiary/aromatic N) is 1. The number of ether oxygens (including phenoxy) is 1. The zero-order valence-electron chi connectivity index (χ0n) is 20.1. The Bertz CT molecular complexity index is 1160. The third kappa shape index (κ3) is 6.37. The van der Waals surface area contributed by atoms with E-state index in [0.29, 0.717) is 18.3 Å². The van der Waals surface area contributed by atoms with Gasteiger partial charge in [0.15, 0.2) is 0 Å². The monoisotopic (exact) mass is 459 g/mol. The zero-order chi connectivity index (χ0) is 24.3. The van der Waals surface area contributed by atoms with Crippen molar-refractivity contribution >= 4 is 5.97 Å². The summed E-state index contributed by atoms with van der Waals surface area (Å²) in [5, 5.41) is 19.2. The molecule has 0 saturated heterocycles. The molecule has 2 aromatic carbocycles. The number of phenolic OH excluding ortho intramolecular Hbond substituents is 1. The van der Waals surface area contributed by atoms with Crippen LogP contribution in [0.5, 0.6) is 11.5 Å². The van der Waals surface area contributed by atoms with Crippen molar-refractivity contribution in [2.24, 2.45) is 11.3 Å². The highest BCUT2D eigenvalue weighted by molar-refractivity contribution is 5.68. The minimum Gasteiger partial charge on any atom is -0.508 e. The normalized spacial score (nSPS) is 14.6. The van der Waals surface area contributed by atoms with Crippen LogP contribution >= 0.6 is 0 Å². The Balaban J connectivity index is 1.54. The van der Waals surface area contributed by atoms with E-state index >= 15 is 0 Å². The van der Waals surface area contributed by atoms with Crippen molar-refractivity contribution in [3.05, 3.63) is 77.5 Å². The summed E-state index contributed by atoms with van der Waals surface area (Å²) in [5.41, 5.74) is 4.95. The van der Waals surface area contributed by atoms with E-state index in [1.165, 1.54) is 0 Å². The van der Waals surface area contributed by atoms with Crippen LogP contribution in [0.15, 0.2) is 60.8 Å². The fourth-order valence-electron chi connectivity index (χ4n) is 4.51. The van der Waals surface area contributed by atoms with E-state index in [1.54, 1.807) is 18.3 Å². The summed E-state index contributed by atoms with van der Waals surface area (Å²) in [7, 11) is 0. The molecule has 0 radical (unpaired) electrons. The van der Waals surface area contributed by atoms with Crippen molar-refractivity contribution in [1.29, 1.82) is 0 Å². The number of hydrogen-bond donors (Lipinski definition) is 2. The van der Waals surface area contributed by atoms with Crippen LogP contribution in [0.3, 0.4) is 0 Å². The topological polar surface area (TPSA) is 79.7 Å². The average Bonchev–Trinajstić information content (AvgIpc) is 3.60. The summed E-state index contributed by atoms with van der Waals surface area (Å²) < 4.78 is 6.13. The van der Waals surface area contributed by atoms with Gasteiger partial charge in [0.05, 0.1) is 18.3 Å². The van der Waals surface area contributed by atoms with Gasteiger partial charge in [0.1, 0.15) is 18.1 Å². The summed E-state index contributed by atoms with van der Waals surface area (Å²) in [4.78, 5) is 16.0. The molecule has 5 heteroatoms. The maximum absolute atomic E-state index is 11.3. The third-order valence-corrected chi connectivity index (χ3v) is 6.15. The summed E-state index contributed by atoms with van der Waals surface area (Å²) in [6.07, 6.45) is 4.92. The van der Waals surface area contributed by atoms with Crippen molar-refractivity contribution in [1.82, 2.24) is 4.98 Å². The molecule has 1 saturated carbocycles. The average molecular weight is 460 g/mol. The van der Waals surface area contributed by atoms with Crippen molar-refractivity contribution in [2.45, 2.75) is 59.0 Å². The summed E-state index contributed by atoms with van der Waals surface area (Å²) in [6, 6.07) is 17.3. The molecule has 0 amide bonds. The number of carboxylic acids is 1. The molecule has 1 atom stereocenters. The van der Waals surface area contributed by atoms with Crippen LogP contribution in [0.1, 0.15) is 62.6 Å². The maximum Gasteiger partial charge on any atom is 0.303 e. The van der Waals surface area contributed by atoms with Gasteiger partial charge < -0.3 is 14.9 Å². The second kappa shape index (κ2) is 9.88. The van der Waals surface area contributed by atoms with E-state index in [-0.39, 0.29) is 23.5 Å². The number of carbonyl (C=O) groups is 1. The van der Waals surface area contributed by atoms with Crippen molar-refractivity contribution in [3.63, 3.8) is 0 Å². The largest absolute Gasteiger partial charge is 0.508 e. The van der Waals surface area contributed by atoms with Gasteiger partial charge in [0.25, 0.3) is 0 Å². The number of aromatic hydroxyl groups is 1. The Hall–Kier alpha value is -3.34. The smallest absolute Gasteiger partial charge is 0.303 e. The van der Waals surface area contributed by atoms with Crippen molar-refractivity contribution < 1.29 is 19.7 Å². The Morgan fingerprint density at radius 2 is 1.88 bits per heavy atom. The first-order chi connectivity index (χ1) is 16.2. The fraction of sp³-hybridized carbons (Fsp3) is 0.379. The number of rotatable bonds is 9. The minimum atomic E-state index is -0.747. The highest BCUT2D eigenvalue weighted by atomic mass is 16.5. The first kappa shape index (κ1) is 23.8. The molecule has 1 aliphatic rings. The van der Waals surface area contributed by atoms with Crippen molar-refractivity contribution in [3.8, 4) is 22.8 Å². The number of aliphatic carboxylic acids is 1. The number of pyridine rings is 1. The van der Waals surface area contributed by atoms with Crippen LogP contribution in [0, 0.1) is 11.3 Å². The van der Waals surface area contributed by atoms with Gasteiger partial charge in [0, 0.05) is 5.56 Å². The molecule has 3 aromatic rings. The quantitative estimate of drug-likeness (QED) is 0.377.